The van der Waals surface area contributed by atoms with Crippen LogP contribution in [-0.2, 0) is 4.79 Å². The van der Waals surface area contributed by atoms with Crippen molar-refractivity contribution >= 4 is 19.7 Å². The largest absolute Gasteiger partial charge is 0.327 e. The topological polar surface area (TPSA) is 64.5 Å². The van der Waals surface area contributed by atoms with E-state index < -0.39 is 7.71 Å². The Bertz CT molecular complexity index is 384. The van der Waals surface area contributed by atoms with Gasteiger partial charge in [-0.15, -0.1) is 0 Å². The summed E-state index contributed by atoms with van der Waals surface area (Å²) < 4.78 is 0. The summed E-state index contributed by atoms with van der Waals surface area (Å²) in [5, 5.41) is 8.18. The summed E-state index contributed by atoms with van der Waals surface area (Å²) in [6.45, 7) is 5.91. The van der Waals surface area contributed by atoms with Crippen LogP contribution >= 0.6 is 7.71 Å². The highest BCUT2D eigenvalue weighted by Gasteiger charge is 2.53. The second-order valence-corrected chi connectivity index (χ2v) is 7.54. The fraction of sp³-hybridized carbons (Fsp3) is 0.800. The molecule has 90 valence electrons. The molecule has 2 aliphatic heterocycles. The molecule has 5 nitrogen and oxygen atoms in total. The van der Waals surface area contributed by atoms with Crippen molar-refractivity contribution in [2.24, 2.45) is 0 Å². The zero-order valence-electron chi connectivity index (χ0n) is 10.0. The Morgan fingerprint density at radius 3 is 2.31 bits per heavy atom. The minimum absolute atomic E-state index is 0.00832. The highest BCUT2D eigenvalue weighted by atomic mass is 31.1. The zero-order valence-corrected chi connectivity index (χ0v) is 11.0. The van der Waals surface area contributed by atoms with Gasteiger partial charge in [0.25, 0.3) is 5.91 Å². The Labute approximate surface area is 96.0 Å². The lowest BCUT2D eigenvalue weighted by atomic mass is 10.1. The van der Waals surface area contributed by atoms with E-state index in [9.17, 15) is 9.59 Å². The predicted octanol–water partition coefficient (Wildman–Crippen LogP) is 1.40. The van der Waals surface area contributed by atoms with Crippen molar-refractivity contribution in [1.82, 2.24) is 9.80 Å². The smallest absolute Gasteiger partial charge is 0.321 e. The normalized spacial score (nSPS) is 43.9. The van der Waals surface area contributed by atoms with Crippen molar-refractivity contribution in [3.8, 4) is 0 Å². The third-order valence-electron chi connectivity index (χ3n) is 4.01. The number of hydrogen-bond acceptors (Lipinski definition) is 3. The molecule has 0 aliphatic carbocycles. The Hall–Kier alpha value is -0.830. The van der Waals surface area contributed by atoms with E-state index in [-0.39, 0.29) is 35.3 Å². The van der Waals surface area contributed by atoms with Gasteiger partial charge in [-0.1, -0.05) is 13.8 Å². The molecular weight excluding hydrogens is 225 g/mol. The molecule has 2 rings (SSSR count). The number of urea groups is 1. The molecule has 0 aromatic rings. The highest BCUT2D eigenvalue weighted by Crippen LogP contribution is 2.47. The van der Waals surface area contributed by atoms with Gasteiger partial charge >= 0.3 is 6.03 Å². The van der Waals surface area contributed by atoms with Gasteiger partial charge in [0.05, 0.1) is 0 Å². The maximum Gasteiger partial charge on any atom is 0.327 e. The second kappa shape index (κ2) is 3.59. The van der Waals surface area contributed by atoms with Crippen LogP contribution in [0.25, 0.3) is 0 Å². The van der Waals surface area contributed by atoms with Crippen LogP contribution in [0.1, 0.15) is 20.8 Å². The quantitative estimate of drug-likeness (QED) is 0.516. The van der Waals surface area contributed by atoms with Crippen LogP contribution in [0, 0.1) is 5.16 Å². The molecule has 0 spiro atoms. The van der Waals surface area contributed by atoms with Crippen molar-refractivity contribution in [3.63, 3.8) is 0 Å². The highest BCUT2D eigenvalue weighted by molar-refractivity contribution is 7.47. The summed E-state index contributed by atoms with van der Waals surface area (Å²) >= 11 is 0. The molecule has 3 amide bonds. The van der Waals surface area contributed by atoms with Crippen molar-refractivity contribution in [2.75, 3.05) is 7.05 Å². The first-order chi connectivity index (χ1) is 7.37. The van der Waals surface area contributed by atoms with Crippen LogP contribution in [0.4, 0.5) is 4.79 Å². The molecule has 0 radical (unpaired) electrons. The Morgan fingerprint density at radius 2 is 1.75 bits per heavy atom. The number of carbonyl (C=O) groups is 2. The molecule has 0 aromatic heterocycles. The number of nitrogens with zero attached hydrogens (tertiary/aromatic N) is 2. The molecule has 6 heteroatoms. The van der Waals surface area contributed by atoms with Crippen LogP contribution in [0.15, 0.2) is 0 Å². The first kappa shape index (κ1) is 11.6. The molecule has 0 bridgehead atoms. The molecule has 1 N–H and O–H groups in total. The van der Waals surface area contributed by atoms with E-state index in [1.807, 2.05) is 20.8 Å². The maximum atomic E-state index is 12.0. The van der Waals surface area contributed by atoms with Gasteiger partial charge in [0.15, 0.2) is 0 Å². The minimum Gasteiger partial charge on any atom is -0.321 e. The summed E-state index contributed by atoms with van der Waals surface area (Å²) in [6, 6.07) is -0.570. The number of likely N-dealkylation sites (N-methyl/N-ethyl adjacent to an activating group) is 1. The van der Waals surface area contributed by atoms with E-state index in [0.29, 0.717) is 0 Å². The number of rotatable bonds is 0. The van der Waals surface area contributed by atoms with E-state index in [1.54, 1.807) is 4.90 Å². The van der Waals surface area contributed by atoms with E-state index in [1.165, 1.54) is 11.9 Å². The van der Waals surface area contributed by atoms with Gasteiger partial charge < -0.3 is 10.1 Å². The number of fused-ring (bicyclic) bond motifs is 1. The average molecular weight is 243 g/mol. The third kappa shape index (κ3) is 1.27. The minimum atomic E-state index is -1.32. The number of hydrogen-bond donors (Lipinski definition) is 1. The Kier molecular flexibility index (Phi) is 2.61. The fourth-order valence-corrected chi connectivity index (χ4v) is 4.82. The number of imide groups is 1. The second-order valence-electron chi connectivity index (χ2n) is 4.81. The SMILES string of the molecule is CC1C(C)[PH](=N)C(C)C2C(=O)N(C)C(=O)N12. The molecule has 2 heterocycles. The van der Waals surface area contributed by atoms with Gasteiger partial charge in [-0.25, -0.2) is 4.79 Å². The lowest BCUT2D eigenvalue weighted by molar-refractivity contribution is -0.127. The van der Waals surface area contributed by atoms with Gasteiger partial charge in [0.1, 0.15) is 6.04 Å². The molecule has 5 unspecified atom stereocenters. The molecular formula is C10H18N3O2P. The van der Waals surface area contributed by atoms with Gasteiger partial charge in [0.2, 0.25) is 0 Å². The number of carbonyl (C=O) groups excluding carboxylic acids is 2. The van der Waals surface area contributed by atoms with Crippen LogP contribution in [-0.4, -0.2) is 52.2 Å². The third-order valence-corrected chi connectivity index (χ3v) is 6.77. The molecule has 2 saturated heterocycles. The van der Waals surface area contributed by atoms with Gasteiger partial charge in [-0.2, -0.15) is 0 Å². The first-order valence-corrected chi connectivity index (χ1v) is 7.21. The zero-order chi connectivity index (χ0) is 12.2. The maximum absolute atomic E-state index is 12.0. The van der Waals surface area contributed by atoms with Gasteiger partial charge in [-0.3, -0.25) is 9.69 Å². The number of amides is 3. The van der Waals surface area contributed by atoms with Crippen LogP contribution in [0.5, 0.6) is 0 Å². The summed E-state index contributed by atoms with van der Waals surface area (Å²) in [5.41, 5.74) is 0.220. The Balaban J connectivity index is 2.44. The van der Waals surface area contributed by atoms with Gasteiger partial charge in [-0.05, 0) is 14.6 Å². The summed E-state index contributed by atoms with van der Waals surface area (Å²) in [4.78, 5) is 26.8. The van der Waals surface area contributed by atoms with Crippen LogP contribution < -0.4 is 0 Å². The van der Waals surface area contributed by atoms with E-state index in [2.05, 4.69) is 0 Å². The molecule has 0 aromatic carbocycles. The molecule has 2 aliphatic rings. The molecule has 2 fully saturated rings. The van der Waals surface area contributed by atoms with E-state index in [4.69, 9.17) is 5.16 Å². The van der Waals surface area contributed by atoms with Crippen molar-refractivity contribution < 1.29 is 9.59 Å². The summed E-state index contributed by atoms with van der Waals surface area (Å²) in [6.07, 6.45) is 0. The van der Waals surface area contributed by atoms with Crippen molar-refractivity contribution in [1.29, 1.82) is 5.16 Å². The van der Waals surface area contributed by atoms with Gasteiger partial charge in [0, 0.05) is 24.4 Å². The predicted molar refractivity (Wildman–Crippen MR) is 63.2 cm³/mol. The van der Waals surface area contributed by atoms with E-state index in [0.717, 1.165) is 0 Å². The lowest BCUT2D eigenvalue weighted by Gasteiger charge is -2.42. The fourth-order valence-electron chi connectivity index (χ4n) is 2.67. The number of nitrogens with one attached hydrogen (secondary N) is 1. The lowest BCUT2D eigenvalue weighted by Crippen LogP contribution is -2.54. The van der Waals surface area contributed by atoms with Crippen molar-refractivity contribution in [3.05, 3.63) is 0 Å². The first-order valence-electron chi connectivity index (χ1n) is 5.56. The van der Waals surface area contributed by atoms with Crippen molar-refractivity contribution in [2.45, 2.75) is 44.2 Å². The summed E-state index contributed by atoms with van der Waals surface area (Å²) in [7, 11) is 0.211. The summed E-state index contributed by atoms with van der Waals surface area (Å²) in [5.74, 6) is -0.133. The molecule has 0 saturated carbocycles. The molecule has 5 atom stereocenters. The van der Waals surface area contributed by atoms with Crippen LogP contribution in [0.3, 0.4) is 0 Å². The van der Waals surface area contributed by atoms with E-state index >= 15 is 0 Å². The Morgan fingerprint density at radius 1 is 1.19 bits per heavy atom. The molecule has 16 heavy (non-hydrogen) atoms. The standard InChI is InChI=1S/C10H18N3O2P/c1-5-6(2)16(11)7(3)8-9(14)12(4)10(15)13(5)8/h5-8,11,16H,1-4H3. The van der Waals surface area contributed by atoms with Crippen LogP contribution in [0.2, 0.25) is 0 Å². The monoisotopic (exact) mass is 243 g/mol. The average Bonchev–Trinajstić information content (AvgIpc) is 2.48.